The number of nitrogens with one attached hydrogen (secondary N) is 2. The molecule has 0 aliphatic heterocycles. The lowest BCUT2D eigenvalue weighted by Crippen LogP contribution is -2.39. The second-order valence-corrected chi connectivity index (χ2v) is 7.53. The van der Waals surface area contributed by atoms with E-state index in [-0.39, 0.29) is 30.1 Å². The van der Waals surface area contributed by atoms with Crippen LogP contribution in [0.25, 0.3) is 0 Å². The van der Waals surface area contributed by atoms with Crippen LogP contribution in [0, 0.1) is 0 Å². The van der Waals surface area contributed by atoms with Crippen molar-refractivity contribution >= 4 is 29.9 Å². The van der Waals surface area contributed by atoms with E-state index in [0.717, 1.165) is 36.4 Å². The molecule has 7 nitrogen and oxygen atoms in total. The molecule has 0 bridgehead atoms. The molecule has 1 aromatic carbocycles. The second kappa shape index (κ2) is 13.6. The smallest absolute Gasteiger partial charge is 0.191 e. The summed E-state index contributed by atoms with van der Waals surface area (Å²) < 4.78 is 7.62. The zero-order valence-corrected chi connectivity index (χ0v) is 21.9. The molecule has 8 heteroatoms. The first-order valence-corrected chi connectivity index (χ1v) is 10.9. The number of aliphatic hydroxyl groups excluding tert-OH is 1. The monoisotopic (exact) mass is 543 g/mol. The van der Waals surface area contributed by atoms with Gasteiger partial charge in [0.2, 0.25) is 0 Å². The lowest BCUT2D eigenvalue weighted by atomic mass is 10.1. The number of guanidine groups is 1. The zero-order valence-electron chi connectivity index (χ0n) is 19.6. The number of nitrogens with zero attached hydrogens (tertiary/aromatic N) is 3. The average molecular weight is 543 g/mol. The van der Waals surface area contributed by atoms with E-state index in [1.165, 1.54) is 11.3 Å². The number of aliphatic hydroxyl groups is 1. The van der Waals surface area contributed by atoms with E-state index in [4.69, 9.17) is 9.73 Å². The topological polar surface area (TPSA) is 83.7 Å². The fourth-order valence-electron chi connectivity index (χ4n) is 3.42. The fraction of sp³-hybridized carbons (Fsp3) is 0.565. The van der Waals surface area contributed by atoms with Gasteiger partial charge in [-0.15, -0.1) is 24.0 Å². The number of aryl methyl sites for hydroxylation is 2. The third kappa shape index (κ3) is 7.99. The van der Waals surface area contributed by atoms with Crippen molar-refractivity contribution in [2.24, 2.45) is 12.0 Å². The van der Waals surface area contributed by atoms with Gasteiger partial charge in [-0.3, -0.25) is 4.68 Å². The highest BCUT2D eigenvalue weighted by Crippen LogP contribution is 2.19. The Morgan fingerprint density at radius 3 is 2.35 bits per heavy atom. The molecule has 0 aliphatic carbocycles. The molecule has 174 valence electrons. The average Bonchev–Trinajstić information content (AvgIpc) is 3.04. The molecule has 0 spiro atoms. The molecule has 0 radical (unpaired) electrons. The maximum Gasteiger partial charge on any atom is 0.191 e. The summed E-state index contributed by atoms with van der Waals surface area (Å²) in [6.07, 6.45) is 1.30. The summed E-state index contributed by atoms with van der Waals surface area (Å²) in [5.41, 5.74) is 4.34. The predicted molar refractivity (Wildman–Crippen MR) is 137 cm³/mol. The van der Waals surface area contributed by atoms with Gasteiger partial charge in [-0.25, -0.2) is 4.99 Å². The molecule has 0 aliphatic rings. The molecule has 0 saturated heterocycles. The molecule has 1 aromatic heterocycles. The summed E-state index contributed by atoms with van der Waals surface area (Å²) in [6, 6.07) is 7.56. The van der Waals surface area contributed by atoms with Crippen molar-refractivity contribution in [2.45, 2.75) is 66.2 Å². The van der Waals surface area contributed by atoms with Gasteiger partial charge in [0.05, 0.1) is 24.4 Å². The van der Waals surface area contributed by atoms with Crippen molar-refractivity contribution in [3.63, 3.8) is 0 Å². The lowest BCUT2D eigenvalue weighted by Gasteiger charge is -2.16. The first-order chi connectivity index (χ1) is 14.4. The summed E-state index contributed by atoms with van der Waals surface area (Å²) in [5.74, 6) is 1.49. The Morgan fingerprint density at radius 2 is 1.81 bits per heavy atom. The van der Waals surface area contributed by atoms with E-state index in [1.54, 1.807) is 0 Å². The number of aliphatic imine (C=N–C) groups is 1. The highest BCUT2D eigenvalue weighted by molar-refractivity contribution is 14.0. The molecule has 2 rings (SSSR count). The second-order valence-electron chi connectivity index (χ2n) is 7.53. The molecular formula is C23H38IN5O2. The van der Waals surface area contributed by atoms with Gasteiger partial charge in [-0.05, 0) is 51.3 Å². The normalized spacial score (nSPS) is 12.5. The van der Waals surface area contributed by atoms with Crippen LogP contribution in [-0.4, -0.2) is 40.0 Å². The molecule has 0 amide bonds. The van der Waals surface area contributed by atoms with Crippen LogP contribution in [0.4, 0.5) is 0 Å². The van der Waals surface area contributed by atoms with Crippen molar-refractivity contribution in [2.75, 3.05) is 13.1 Å². The van der Waals surface area contributed by atoms with Crippen LogP contribution in [-0.2, 0) is 26.4 Å². The number of hydrogen-bond acceptors (Lipinski definition) is 4. The summed E-state index contributed by atoms with van der Waals surface area (Å²) in [7, 11) is 1.99. The third-order valence-corrected chi connectivity index (χ3v) is 4.87. The Kier molecular flexibility index (Phi) is 11.9. The minimum Gasteiger partial charge on any atom is -0.491 e. The van der Waals surface area contributed by atoms with Gasteiger partial charge in [0.1, 0.15) is 5.75 Å². The first kappa shape index (κ1) is 27.2. The van der Waals surface area contributed by atoms with Crippen LogP contribution in [0.2, 0.25) is 0 Å². The van der Waals surface area contributed by atoms with E-state index in [2.05, 4.69) is 29.6 Å². The Morgan fingerprint density at radius 1 is 1.13 bits per heavy atom. The summed E-state index contributed by atoms with van der Waals surface area (Å²) in [5, 5.41) is 21.7. The minimum absolute atomic E-state index is 0. The van der Waals surface area contributed by atoms with Crippen LogP contribution in [0.15, 0.2) is 29.3 Å². The third-order valence-electron chi connectivity index (χ3n) is 4.87. The molecule has 31 heavy (non-hydrogen) atoms. The van der Waals surface area contributed by atoms with Gasteiger partial charge in [-0.2, -0.15) is 5.10 Å². The molecule has 1 atom stereocenters. The van der Waals surface area contributed by atoms with Crippen LogP contribution < -0.4 is 15.4 Å². The lowest BCUT2D eigenvalue weighted by molar-refractivity contribution is 0.180. The van der Waals surface area contributed by atoms with Crippen molar-refractivity contribution in [3.8, 4) is 5.75 Å². The van der Waals surface area contributed by atoms with Gasteiger partial charge in [0.15, 0.2) is 5.96 Å². The van der Waals surface area contributed by atoms with Crippen molar-refractivity contribution < 1.29 is 9.84 Å². The molecule has 1 heterocycles. The fourth-order valence-corrected chi connectivity index (χ4v) is 3.42. The predicted octanol–water partition coefficient (Wildman–Crippen LogP) is 3.74. The number of aromatic nitrogens is 2. The Bertz CT molecular complexity index is 818. The van der Waals surface area contributed by atoms with Gasteiger partial charge in [-0.1, -0.05) is 26.0 Å². The number of rotatable bonds is 10. The maximum absolute atomic E-state index is 10.6. The molecular weight excluding hydrogens is 505 g/mol. The number of benzene rings is 1. The zero-order chi connectivity index (χ0) is 22.1. The van der Waals surface area contributed by atoms with Gasteiger partial charge >= 0.3 is 0 Å². The number of halogens is 1. The Labute approximate surface area is 203 Å². The summed E-state index contributed by atoms with van der Waals surface area (Å²) in [4.78, 5) is 4.74. The van der Waals surface area contributed by atoms with E-state index >= 15 is 0 Å². The SMILES string of the molecule is CCNC(=NCc1c(CC)nn(C)c1CC)NCC(O)c1ccc(OC(C)C)cc1.I. The van der Waals surface area contributed by atoms with E-state index in [9.17, 15) is 5.11 Å². The molecule has 0 fully saturated rings. The molecule has 0 saturated carbocycles. The molecule has 3 N–H and O–H groups in total. The molecule has 1 unspecified atom stereocenters. The Hall–Kier alpha value is -1.81. The summed E-state index contributed by atoms with van der Waals surface area (Å²) >= 11 is 0. The van der Waals surface area contributed by atoms with E-state index < -0.39 is 6.10 Å². The van der Waals surface area contributed by atoms with Gasteiger partial charge < -0.3 is 20.5 Å². The Balaban J connectivity index is 0.00000480. The van der Waals surface area contributed by atoms with Crippen molar-refractivity contribution in [1.29, 1.82) is 0 Å². The van der Waals surface area contributed by atoms with Crippen molar-refractivity contribution in [3.05, 3.63) is 46.8 Å². The summed E-state index contributed by atoms with van der Waals surface area (Å²) in [6.45, 7) is 11.9. The number of ether oxygens (including phenoxy) is 1. The van der Waals surface area contributed by atoms with E-state index in [1.807, 2.05) is 56.8 Å². The van der Waals surface area contributed by atoms with E-state index in [0.29, 0.717) is 19.0 Å². The van der Waals surface area contributed by atoms with Crippen LogP contribution >= 0.6 is 24.0 Å². The van der Waals surface area contributed by atoms with Crippen LogP contribution in [0.5, 0.6) is 5.75 Å². The van der Waals surface area contributed by atoms with Crippen LogP contribution in [0.3, 0.4) is 0 Å². The largest absolute Gasteiger partial charge is 0.491 e. The van der Waals surface area contributed by atoms with Gasteiger partial charge in [0.25, 0.3) is 0 Å². The standard InChI is InChI=1S/C23H37N5O2.HI/c1-7-20-19(21(8-2)28(6)27-20)14-25-23(24-9-3)26-15-22(29)17-10-12-18(13-11-17)30-16(4)5;/h10-13,16,22,29H,7-9,14-15H2,1-6H3,(H2,24,25,26);1H. The highest BCUT2D eigenvalue weighted by atomic mass is 127. The first-order valence-electron chi connectivity index (χ1n) is 10.9. The highest BCUT2D eigenvalue weighted by Gasteiger charge is 2.14. The van der Waals surface area contributed by atoms with Crippen molar-refractivity contribution in [1.82, 2.24) is 20.4 Å². The molecule has 2 aromatic rings. The van der Waals surface area contributed by atoms with Gasteiger partial charge in [0, 0.05) is 31.4 Å². The minimum atomic E-state index is -0.641. The quantitative estimate of drug-likeness (QED) is 0.242. The van der Waals surface area contributed by atoms with Crippen LogP contribution in [0.1, 0.15) is 63.2 Å². The maximum atomic E-state index is 10.6. The number of hydrogen-bond donors (Lipinski definition) is 3.